The first-order valence-electron chi connectivity index (χ1n) is 22.9. The second-order valence-corrected chi connectivity index (χ2v) is 20.1. The van der Waals surface area contributed by atoms with Crippen molar-refractivity contribution < 1.29 is 57.8 Å². The third-order valence-corrected chi connectivity index (χ3v) is 13.9. The van der Waals surface area contributed by atoms with Crippen LogP contribution < -0.4 is 60.2 Å². The van der Waals surface area contributed by atoms with Crippen molar-refractivity contribution in [1.82, 2.24) is 42.1 Å². The molecule has 0 aliphatic carbocycles. The fourth-order valence-corrected chi connectivity index (χ4v) is 9.77. The molecule has 0 unspecified atom stereocenters. The van der Waals surface area contributed by atoms with Gasteiger partial charge in [0.1, 0.15) is 0 Å². The number of rotatable bonds is 17. The number of aromatic hydroxyl groups is 1. The van der Waals surface area contributed by atoms with Crippen molar-refractivity contribution in [1.29, 1.82) is 0 Å². The number of nitrogens with zero attached hydrogens (tertiary/aromatic N) is 1. The van der Waals surface area contributed by atoms with Gasteiger partial charge in [0.2, 0.25) is 0 Å². The molecule has 2 heterocycles. The van der Waals surface area contributed by atoms with E-state index in [0.29, 0.717) is 18.4 Å². The maximum atomic E-state index is 14.5. The summed E-state index contributed by atoms with van der Waals surface area (Å²) in [6, 6.07) is -4.75. The number of hydrogen-bond donors (Lipinski definition) is 12. The number of primary amides is 3. The number of nitrogens with one attached hydrogen (secondary N) is 7. The van der Waals surface area contributed by atoms with Gasteiger partial charge in [-0.1, -0.05) is 0 Å². The van der Waals surface area contributed by atoms with Crippen molar-refractivity contribution in [3.63, 3.8) is 0 Å². The summed E-state index contributed by atoms with van der Waals surface area (Å²) in [4.78, 5) is 148. The van der Waals surface area contributed by atoms with Crippen LogP contribution in [0.1, 0.15) is 84.6 Å². The molecular formula is C44H68N12O12Se. The number of hydrogen-bond acceptors (Lipinski definition) is 13. The first-order chi connectivity index (χ1) is 32.5. The second kappa shape index (κ2) is 27.6. The van der Waals surface area contributed by atoms with Gasteiger partial charge in [-0.25, -0.2) is 0 Å². The van der Waals surface area contributed by atoms with Crippen molar-refractivity contribution >= 4 is 79.9 Å². The minimum atomic E-state index is -1.73. The molecule has 382 valence electrons. The van der Waals surface area contributed by atoms with Gasteiger partial charge in [0.05, 0.1) is 0 Å². The molecule has 2 aliphatic rings. The van der Waals surface area contributed by atoms with Gasteiger partial charge in [-0.15, -0.1) is 0 Å². The monoisotopic (exact) mass is 1040 g/mol. The molecule has 0 saturated carbocycles. The Balaban J connectivity index is 2.05. The number of phenolic OH excluding ortho intramolecular Hbond substituents is 1. The zero-order valence-electron chi connectivity index (χ0n) is 39.4. The summed E-state index contributed by atoms with van der Waals surface area (Å²) < 4.78 is 0. The molecule has 9 atom stereocenters. The Morgan fingerprint density at radius 1 is 0.797 bits per heavy atom. The third kappa shape index (κ3) is 18.6. The quantitative estimate of drug-likeness (QED) is 0.0662. The number of benzene rings is 1. The van der Waals surface area contributed by atoms with Crippen molar-refractivity contribution in [2.24, 2.45) is 34.8 Å². The molecule has 0 aromatic heterocycles. The number of phenols is 1. The fraction of sp³-hybridized carbons (Fsp3) is 0.614. The van der Waals surface area contributed by atoms with E-state index in [2.05, 4.69) is 37.2 Å². The van der Waals surface area contributed by atoms with Crippen LogP contribution in [0.2, 0.25) is 10.6 Å². The topological polar surface area (TPSA) is 400 Å². The number of amides is 11. The van der Waals surface area contributed by atoms with Crippen LogP contribution in [0.3, 0.4) is 0 Å². The number of likely N-dealkylation sites (tertiary alicyclic amines) is 1. The van der Waals surface area contributed by atoms with Crippen molar-refractivity contribution in [2.75, 3.05) is 13.1 Å². The van der Waals surface area contributed by atoms with Crippen LogP contribution in [0.25, 0.3) is 0 Å². The van der Waals surface area contributed by atoms with E-state index in [1.54, 1.807) is 26.0 Å². The Kier molecular flexibility index (Phi) is 22.8. The average Bonchev–Trinajstić information content (AvgIpc) is 3.78. The van der Waals surface area contributed by atoms with Gasteiger partial charge < -0.3 is 5.73 Å². The Morgan fingerprint density at radius 2 is 1.42 bits per heavy atom. The Bertz CT molecular complexity index is 2040. The van der Waals surface area contributed by atoms with E-state index in [9.17, 15) is 57.8 Å². The van der Waals surface area contributed by atoms with Crippen LogP contribution in [-0.4, -0.2) is 151 Å². The van der Waals surface area contributed by atoms with Gasteiger partial charge in [-0.05, 0) is 0 Å². The van der Waals surface area contributed by atoms with E-state index >= 15 is 0 Å². The van der Waals surface area contributed by atoms with Crippen molar-refractivity contribution in [3.8, 4) is 5.75 Å². The predicted molar refractivity (Wildman–Crippen MR) is 249 cm³/mol. The summed E-state index contributed by atoms with van der Waals surface area (Å²) in [5.41, 5.74) is 23.0. The standard InChI is InChI=1S/C44H68N12O12Se/c1-5-23(4)36-43(67)50-27(12-13-33(46)58)39(63)52-30(19-34(47)59)40(64)54-31(21-69-16-14-26(45)37(61)51-29(41(65)55-36)18-24-8-10-25(57)11-9-24)44(68)56-15-6-7-32(56)42(66)53-28(17-22(2)3)38(62)49-20-35(48)60/h8-11,22-23,26-32,36,57H,5-7,12-21,45H2,1-4H3,(H2,46,58)(H2,47,59)(H2,48,60)(H,49,62)(H,50,67)(H,51,61)(H,52,63)(H,53,66)(H,54,64)(H,55,65)/t23-,26-,27-,28-,29-,30-,31-,32-,36-/m0/s1. The summed E-state index contributed by atoms with van der Waals surface area (Å²) in [6.45, 7) is 6.66. The molecule has 16 N–H and O–H groups in total. The van der Waals surface area contributed by atoms with Crippen molar-refractivity contribution in [3.05, 3.63) is 29.8 Å². The molecular weight excluding hydrogens is 968 g/mol. The molecule has 11 amide bonds. The molecule has 69 heavy (non-hydrogen) atoms. The summed E-state index contributed by atoms with van der Waals surface area (Å²) in [6.07, 6.45) is -0.537. The van der Waals surface area contributed by atoms with Gasteiger partial charge in [0.15, 0.2) is 0 Å². The Hall–Kier alpha value is -6.33. The summed E-state index contributed by atoms with van der Waals surface area (Å²) in [7, 11) is 0. The van der Waals surface area contributed by atoms with E-state index in [0.717, 1.165) is 0 Å². The van der Waals surface area contributed by atoms with E-state index in [1.165, 1.54) is 17.0 Å². The number of carbonyl (C=O) groups is 11. The Labute approximate surface area is 406 Å². The molecule has 1 aromatic rings. The molecule has 25 heteroatoms. The van der Waals surface area contributed by atoms with Crippen LogP contribution in [0.5, 0.6) is 5.75 Å². The zero-order chi connectivity index (χ0) is 51.5. The predicted octanol–water partition coefficient (Wildman–Crippen LogP) is -4.06. The number of carbonyl (C=O) groups excluding carboxylic acids is 11. The van der Waals surface area contributed by atoms with Crippen LogP contribution in [0.15, 0.2) is 24.3 Å². The summed E-state index contributed by atoms with van der Waals surface area (Å²) in [5, 5.41) is 28.1. The molecule has 2 fully saturated rings. The van der Waals surface area contributed by atoms with E-state index in [1.807, 2.05) is 13.8 Å². The van der Waals surface area contributed by atoms with Gasteiger partial charge in [-0.3, -0.25) is 4.79 Å². The zero-order valence-corrected chi connectivity index (χ0v) is 41.1. The van der Waals surface area contributed by atoms with Crippen LogP contribution in [-0.2, 0) is 59.2 Å². The first-order valence-corrected chi connectivity index (χ1v) is 25.3. The van der Waals surface area contributed by atoms with Crippen molar-refractivity contribution in [2.45, 2.75) is 144 Å². The van der Waals surface area contributed by atoms with Crippen LogP contribution in [0, 0.1) is 11.8 Å². The molecule has 2 aliphatic heterocycles. The van der Waals surface area contributed by atoms with Crippen LogP contribution in [0.4, 0.5) is 0 Å². The molecule has 2 saturated heterocycles. The molecule has 0 spiro atoms. The van der Waals surface area contributed by atoms with E-state index in [4.69, 9.17) is 22.9 Å². The number of nitrogens with two attached hydrogens (primary N) is 4. The first kappa shape index (κ1) is 57.0. The van der Waals surface area contributed by atoms with Crippen LogP contribution >= 0.6 is 0 Å². The van der Waals surface area contributed by atoms with Gasteiger partial charge in [-0.2, -0.15) is 0 Å². The average molecular weight is 1040 g/mol. The normalized spacial score (nSPS) is 24.3. The summed E-state index contributed by atoms with van der Waals surface area (Å²) in [5.74, 6) is -9.84. The molecule has 0 radical (unpaired) electrons. The summed E-state index contributed by atoms with van der Waals surface area (Å²) >= 11 is -0.552. The molecule has 1 aromatic carbocycles. The molecule has 3 rings (SSSR count). The maximum absolute atomic E-state index is 14.5. The SMILES string of the molecule is CC[C@H](C)[C@@H]1NC(=O)[C@H](Cc2ccc(O)cc2)NC(=O)[C@@H](N)CC[Se]C[C@@H](C(=O)N2CCC[C@H]2C(=O)N[C@@H](CC(C)C)C(=O)NCC(N)=O)NC(=O)[C@H](CC(N)=O)NC(=O)[C@H](CCC(N)=O)NC1=O. The Morgan fingerprint density at radius 3 is 2.03 bits per heavy atom. The van der Waals surface area contributed by atoms with Gasteiger partial charge in [0.25, 0.3) is 0 Å². The van der Waals surface area contributed by atoms with Gasteiger partial charge in [0, 0.05) is 0 Å². The second-order valence-electron chi connectivity index (χ2n) is 17.7. The van der Waals surface area contributed by atoms with Gasteiger partial charge >= 0.3 is 397 Å². The molecule has 0 bridgehead atoms. The molecule has 24 nitrogen and oxygen atoms in total. The third-order valence-electron chi connectivity index (χ3n) is 11.6. The fourth-order valence-electron chi connectivity index (χ4n) is 7.57. The minimum absolute atomic E-state index is 0.0399. The van der Waals surface area contributed by atoms with E-state index in [-0.39, 0.29) is 61.0 Å². The van der Waals surface area contributed by atoms with E-state index < -0.39 is 154 Å².